The molecule has 4 atom stereocenters. The zero-order chi connectivity index (χ0) is 14.7. The van der Waals surface area contributed by atoms with E-state index in [1.807, 2.05) is 0 Å². The first-order chi connectivity index (χ1) is 9.47. The summed E-state index contributed by atoms with van der Waals surface area (Å²) in [4.78, 5) is 0. The molecule has 0 aromatic carbocycles. The van der Waals surface area contributed by atoms with E-state index in [4.69, 9.17) is 4.18 Å². The van der Waals surface area contributed by atoms with Crippen LogP contribution >= 0.6 is 0 Å². The Kier molecular flexibility index (Phi) is 6.09. The maximum Gasteiger partial charge on any atom is 0.158 e. The van der Waals surface area contributed by atoms with Crippen LogP contribution < -0.4 is 0 Å². The van der Waals surface area contributed by atoms with E-state index in [0.717, 1.165) is 31.1 Å². The molecule has 2 aliphatic carbocycles. The number of hydrogen-bond acceptors (Lipinski definition) is 2. The Balaban J connectivity index is 1.90. The molecule has 0 aromatic heterocycles. The van der Waals surface area contributed by atoms with Crippen molar-refractivity contribution < 1.29 is 8.39 Å². The zero-order valence-corrected chi connectivity index (χ0v) is 14.5. The molecule has 2 fully saturated rings. The van der Waals surface area contributed by atoms with E-state index in [-0.39, 0.29) is 11.4 Å². The second-order valence-corrected chi connectivity index (χ2v) is 8.98. The fraction of sp³-hybridized carbons (Fsp3) is 1.00. The summed E-state index contributed by atoms with van der Waals surface area (Å²) in [6.45, 7) is 9.17. The summed E-state index contributed by atoms with van der Waals surface area (Å²) in [5.41, 5.74) is 0. The summed E-state index contributed by atoms with van der Waals surface area (Å²) < 4.78 is 18.6. The van der Waals surface area contributed by atoms with Gasteiger partial charge in [0, 0.05) is 0 Å². The van der Waals surface area contributed by atoms with E-state index in [0.29, 0.717) is 11.8 Å². The minimum Gasteiger partial charge on any atom is -0.287 e. The third-order valence-corrected chi connectivity index (χ3v) is 6.87. The molecule has 2 rings (SSSR count). The Morgan fingerprint density at radius 3 is 2.15 bits per heavy atom. The SMILES string of the molecule is CC1CCC(S(=O)OC2CC(C)CCC2C(C)C)CC1. The molecular formula is C17H32O2S. The normalized spacial score (nSPS) is 40.8. The van der Waals surface area contributed by atoms with E-state index in [9.17, 15) is 4.21 Å². The molecule has 2 aliphatic rings. The van der Waals surface area contributed by atoms with Crippen LogP contribution in [0.4, 0.5) is 0 Å². The molecule has 2 nitrogen and oxygen atoms in total. The molecule has 0 spiro atoms. The highest BCUT2D eigenvalue weighted by molar-refractivity contribution is 7.80. The van der Waals surface area contributed by atoms with Gasteiger partial charge in [0.15, 0.2) is 11.1 Å². The van der Waals surface area contributed by atoms with Crippen LogP contribution in [0.15, 0.2) is 0 Å². The summed E-state index contributed by atoms with van der Waals surface area (Å²) in [5, 5.41) is 0.288. The maximum atomic E-state index is 12.5. The van der Waals surface area contributed by atoms with Gasteiger partial charge in [0.2, 0.25) is 0 Å². The lowest BCUT2D eigenvalue weighted by Crippen LogP contribution is -2.37. The summed E-state index contributed by atoms with van der Waals surface area (Å²) in [5.74, 6) is 2.76. The van der Waals surface area contributed by atoms with Gasteiger partial charge in [-0.1, -0.05) is 34.1 Å². The summed E-state index contributed by atoms with van der Waals surface area (Å²) in [6.07, 6.45) is 8.46. The van der Waals surface area contributed by atoms with Crippen LogP contribution in [0.2, 0.25) is 0 Å². The zero-order valence-electron chi connectivity index (χ0n) is 13.6. The van der Waals surface area contributed by atoms with Gasteiger partial charge in [-0.25, -0.2) is 4.21 Å². The molecule has 0 aromatic rings. The smallest absolute Gasteiger partial charge is 0.158 e. The van der Waals surface area contributed by atoms with Crippen molar-refractivity contribution in [3.63, 3.8) is 0 Å². The highest BCUT2D eigenvalue weighted by Crippen LogP contribution is 2.37. The van der Waals surface area contributed by atoms with Gasteiger partial charge in [0.05, 0.1) is 11.4 Å². The summed E-state index contributed by atoms with van der Waals surface area (Å²) >= 11 is -1.07. The van der Waals surface area contributed by atoms with Crippen LogP contribution in [0.5, 0.6) is 0 Å². The van der Waals surface area contributed by atoms with Gasteiger partial charge >= 0.3 is 0 Å². The Labute approximate surface area is 127 Å². The second kappa shape index (κ2) is 7.40. The molecule has 0 N–H and O–H groups in total. The molecule has 4 unspecified atom stereocenters. The van der Waals surface area contributed by atoms with Crippen LogP contribution in [0.3, 0.4) is 0 Å². The topological polar surface area (TPSA) is 26.3 Å². The van der Waals surface area contributed by atoms with Gasteiger partial charge < -0.3 is 0 Å². The largest absolute Gasteiger partial charge is 0.287 e. The van der Waals surface area contributed by atoms with Crippen LogP contribution in [0.1, 0.15) is 72.6 Å². The van der Waals surface area contributed by atoms with Gasteiger partial charge in [0.1, 0.15) is 0 Å². The molecule has 0 heterocycles. The lowest BCUT2D eigenvalue weighted by molar-refractivity contribution is 0.0552. The Morgan fingerprint density at radius 2 is 1.55 bits per heavy atom. The van der Waals surface area contributed by atoms with Crippen LogP contribution in [0.25, 0.3) is 0 Å². The van der Waals surface area contributed by atoms with Gasteiger partial charge in [-0.15, -0.1) is 0 Å². The second-order valence-electron chi connectivity index (χ2n) is 7.60. The first kappa shape index (κ1) is 16.5. The van der Waals surface area contributed by atoms with Crippen molar-refractivity contribution in [2.24, 2.45) is 23.7 Å². The molecule has 20 heavy (non-hydrogen) atoms. The fourth-order valence-electron chi connectivity index (χ4n) is 3.85. The molecule has 0 saturated heterocycles. The highest BCUT2D eigenvalue weighted by atomic mass is 32.2. The monoisotopic (exact) mass is 300 g/mol. The van der Waals surface area contributed by atoms with E-state index in [1.165, 1.54) is 25.7 Å². The number of hydrogen-bond donors (Lipinski definition) is 0. The standard InChI is InChI=1S/C17H32O2S/c1-12(2)16-10-7-14(4)11-17(16)19-20(18)15-8-5-13(3)6-9-15/h12-17H,5-11H2,1-4H3. The first-order valence-electron chi connectivity index (χ1n) is 8.55. The van der Waals surface area contributed by atoms with Crippen molar-refractivity contribution in [3.05, 3.63) is 0 Å². The Hall–Kier alpha value is 0.110. The molecule has 0 bridgehead atoms. The van der Waals surface area contributed by atoms with Crippen molar-refractivity contribution in [1.29, 1.82) is 0 Å². The average Bonchev–Trinajstić information content (AvgIpc) is 2.39. The minimum atomic E-state index is -1.07. The minimum absolute atomic E-state index is 0.221. The molecule has 3 heteroatoms. The van der Waals surface area contributed by atoms with Crippen molar-refractivity contribution in [2.75, 3.05) is 0 Å². The third-order valence-electron chi connectivity index (χ3n) is 5.41. The van der Waals surface area contributed by atoms with Gasteiger partial charge in [-0.2, -0.15) is 0 Å². The van der Waals surface area contributed by atoms with E-state index < -0.39 is 11.1 Å². The molecule has 118 valence electrons. The fourth-order valence-corrected chi connectivity index (χ4v) is 5.13. The van der Waals surface area contributed by atoms with Gasteiger partial charge in [0.25, 0.3) is 0 Å². The summed E-state index contributed by atoms with van der Waals surface area (Å²) in [7, 11) is 0. The Morgan fingerprint density at radius 1 is 0.950 bits per heavy atom. The van der Waals surface area contributed by atoms with Crippen LogP contribution in [-0.4, -0.2) is 15.6 Å². The van der Waals surface area contributed by atoms with E-state index in [2.05, 4.69) is 27.7 Å². The van der Waals surface area contributed by atoms with Gasteiger partial charge in [-0.05, 0) is 62.2 Å². The summed E-state index contributed by atoms with van der Waals surface area (Å²) in [6, 6.07) is 0. The van der Waals surface area contributed by atoms with Crippen molar-refractivity contribution in [2.45, 2.75) is 84.0 Å². The van der Waals surface area contributed by atoms with Crippen molar-refractivity contribution >= 4 is 11.1 Å². The lowest BCUT2D eigenvalue weighted by atomic mass is 9.75. The first-order valence-corrected chi connectivity index (χ1v) is 9.68. The predicted molar refractivity (Wildman–Crippen MR) is 85.8 cm³/mol. The van der Waals surface area contributed by atoms with Crippen LogP contribution in [0, 0.1) is 23.7 Å². The number of rotatable bonds is 4. The lowest BCUT2D eigenvalue weighted by Gasteiger charge is -2.37. The van der Waals surface area contributed by atoms with E-state index >= 15 is 0 Å². The average molecular weight is 301 g/mol. The van der Waals surface area contributed by atoms with E-state index in [1.54, 1.807) is 0 Å². The predicted octanol–water partition coefficient (Wildman–Crippen LogP) is 4.71. The molecule has 0 radical (unpaired) electrons. The van der Waals surface area contributed by atoms with Crippen LogP contribution in [-0.2, 0) is 15.3 Å². The third kappa shape index (κ3) is 4.30. The molecule has 0 amide bonds. The van der Waals surface area contributed by atoms with Gasteiger partial charge in [-0.3, -0.25) is 4.18 Å². The molecule has 2 saturated carbocycles. The Bertz CT molecular complexity index is 321. The quantitative estimate of drug-likeness (QED) is 0.752. The van der Waals surface area contributed by atoms with Crippen molar-refractivity contribution in [3.8, 4) is 0 Å². The maximum absolute atomic E-state index is 12.5. The highest BCUT2D eigenvalue weighted by Gasteiger charge is 2.34. The molecule has 0 aliphatic heterocycles. The van der Waals surface area contributed by atoms with Crippen molar-refractivity contribution in [1.82, 2.24) is 0 Å². The molecular weight excluding hydrogens is 268 g/mol.